The smallest absolute Gasteiger partial charge is 0.251 e. The van der Waals surface area contributed by atoms with Gasteiger partial charge in [0, 0.05) is 19.2 Å². The fourth-order valence-corrected chi connectivity index (χ4v) is 1.11. The van der Waals surface area contributed by atoms with Gasteiger partial charge < -0.3 is 10.1 Å². The summed E-state index contributed by atoms with van der Waals surface area (Å²) in [7, 11) is 1.47. The van der Waals surface area contributed by atoms with Crippen LogP contribution in [0.5, 0.6) is 0 Å². The highest BCUT2D eigenvalue weighted by Crippen LogP contribution is 2.13. The highest BCUT2D eigenvalue weighted by atomic mass is 19.2. The summed E-state index contributed by atoms with van der Waals surface area (Å²) < 4.78 is 43.2. The van der Waals surface area contributed by atoms with Gasteiger partial charge in [0.25, 0.3) is 5.91 Å². The van der Waals surface area contributed by atoms with Crippen LogP contribution in [0.25, 0.3) is 0 Å². The van der Waals surface area contributed by atoms with Crippen LogP contribution in [0.15, 0.2) is 12.1 Å². The molecule has 1 aromatic rings. The quantitative estimate of drug-likeness (QED) is 0.825. The van der Waals surface area contributed by atoms with Gasteiger partial charge in [-0.25, -0.2) is 13.2 Å². The molecule has 1 amide bonds. The third-order valence-electron chi connectivity index (χ3n) is 2.20. The maximum atomic E-state index is 12.8. The third kappa shape index (κ3) is 3.45. The highest BCUT2D eigenvalue weighted by molar-refractivity contribution is 5.94. The average Bonchev–Trinajstić information content (AvgIpc) is 2.31. The Bertz CT molecular complexity index is 400. The lowest BCUT2D eigenvalue weighted by Crippen LogP contribution is -2.31. The van der Waals surface area contributed by atoms with Crippen LogP contribution in [0.3, 0.4) is 0 Å². The number of hydrogen-bond acceptors (Lipinski definition) is 2. The van der Waals surface area contributed by atoms with Crippen LogP contribution in [0.4, 0.5) is 13.2 Å². The van der Waals surface area contributed by atoms with Crippen molar-refractivity contribution < 1.29 is 22.7 Å². The zero-order valence-corrected chi connectivity index (χ0v) is 9.39. The van der Waals surface area contributed by atoms with Gasteiger partial charge in [-0.3, -0.25) is 4.79 Å². The fourth-order valence-electron chi connectivity index (χ4n) is 1.11. The molecule has 0 aliphatic carbocycles. The monoisotopic (exact) mass is 247 g/mol. The first kappa shape index (κ1) is 13.5. The van der Waals surface area contributed by atoms with Crippen LogP contribution in [0.2, 0.25) is 0 Å². The van der Waals surface area contributed by atoms with E-state index < -0.39 is 23.4 Å². The molecular weight excluding hydrogens is 235 g/mol. The molecule has 0 bridgehead atoms. The molecule has 0 spiro atoms. The second kappa shape index (κ2) is 5.67. The van der Waals surface area contributed by atoms with Gasteiger partial charge in [0.1, 0.15) is 0 Å². The van der Waals surface area contributed by atoms with E-state index in [0.717, 1.165) is 0 Å². The average molecular weight is 247 g/mol. The molecule has 94 valence electrons. The van der Waals surface area contributed by atoms with E-state index in [-0.39, 0.29) is 18.2 Å². The summed E-state index contributed by atoms with van der Waals surface area (Å²) in [5, 5.41) is 2.40. The Morgan fingerprint density at radius 1 is 1.35 bits per heavy atom. The molecule has 0 saturated carbocycles. The normalized spacial score (nSPS) is 12.3. The summed E-state index contributed by atoms with van der Waals surface area (Å²) in [6, 6.07) is 1.29. The molecule has 0 aliphatic rings. The highest BCUT2D eigenvalue weighted by Gasteiger charge is 2.15. The number of nitrogens with one attached hydrogen (secondary N) is 1. The van der Waals surface area contributed by atoms with Gasteiger partial charge in [0.05, 0.1) is 6.10 Å². The fraction of sp³-hybridized carbons (Fsp3) is 0.364. The number of amides is 1. The summed E-state index contributed by atoms with van der Waals surface area (Å²) >= 11 is 0. The van der Waals surface area contributed by atoms with E-state index in [2.05, 4.69) is 5.32 Å². The molecule has 17 heavy (non-hydrogen) atoms. The van der Waals surface area contributed by atoms with Crippen molar-refractivity contribution in [2.75, 3.05) is 13.7 Å². The van der Waals surface area contributed by atoms with Gasteiger partial charge in [-0.1, -0.05) is 0 Å². The van der Waals surface area contributed by atoms with Gasteiger partial charge >= 0.3 is 0 Å². The summed E-state index contributed by atoms with van der Waals surface area (Å²) in [5.41, 5.74) is -0.273. The van der Waals surface area contributed by atoms with Crippen LogP contribution in [-0.4, -0.2) is 25.7 Å². The van der Waals surface area contributed by atoms with Crippen molar-refractivity contribution in [3.8, 4) is 0 Å². The molecule has 0 aliphatic heterocycles. The maximum absolute atomic E-state index is 12.8. The lowest BCUT2D eigenvalue weighted by molar-refractivity contribution is 0.0869. The number of hydrogen-bond donors (Lipinski definition) is 1. The Hall–Kier alpha value is -1.56. The van der Waals surface area contributed by atoms with E-state index in [4.69, 9.17) is 4.74 Å². The predicted molar refractivity (Wildman–Crippen MR) is 55.1 cm³/mol. The summed E-state index contributed by atoms with van der Waals surface area (Å²) in [6.45, 7) is 1.90. The third-order valence-corrected chi connectivity index (χ3v) is 2.20. The maximum Gasteiger partial charge on any atom is 0.251 e. The second-order valence-electron chi connectivity index (χ2n) is 3.51. The topological polar surface area (TPSA) is 38.3 Å². The summed E-state index contributed by atoms with van der Waals surface area (Å²) in [5.74, 6) is -5.07. The van der Waals surface area contributed by atoms with Crippen molar-refractivity contribution in [3.05, 3.63) is 35.1 Å². The molecule has 0 heterocycles. The van der Waals surface area contributed by atoms with Gasteiger partial charge in [0.2, 0.25) is 0 Å². The lowest BCUT2D eigenvalue weighted by atomic mass is 10.2. The van der Waals surface area contributed by atoms with Crippen LogP contribution in [0, 0.1) is 17.5 Å². The Balaban J connectivity index is 2.76. The minimum absolute atomic E-state index is 0.190. The zero-order valence-electron chi connectivity index (χ0n) is 9.39. The number of carbonyl (C=O) groups is 1. The first-order valence-electron chi connectivity index (χ1n) is 4.91. The van der Waals surface area contributed by atoms with Crippen LogP contribution >= 0.6 is 0 Å². The first-order valence-corrected chi connectivity index (χ1v) is 4.91. The number of rotatable bonds is 4. The minimum Gasteiger partial charge on any atom is -0.380 e. The zero-order chi connectivity index (χ0) is 13.0. The van der Waals surface area contributed by atoms with Crippen LogP contribution < -0.4 is 5.32 Å². The molecule has 0 fully saturated rings. The molecule has 1 unspecified atom stereocenters. The van der Waals surface area contributed by atoms with E-state index in [0.29, 0.717) is 12.1 Å². The van der Waals surface area contributed by atoms with Crippen molar-refractivity contribution in [1.82, 2.24) is 5.32 Å². The predicted octanol–water partition coefficient (Wildman–Crippen LogP) is 1.87. The Morgan fingerprint density at radius 3 is 2.35 bits per heavy atom. The van der Waals surface area contributed by atoms with E-state index in [1.54, 1.807) is 6.92 Å². The van der Waals surface area contributed by atoms with E-state index >= 15 is 0 Å². The molecule has 0 radical (unpaired) electrons. The number of carbonyl (C=O) groups excluding carboxylic acids is 1. The van der Waals surface area contributed by atoms with Crippen molar-refractivity contribution in [2.45, 2.75) is 13.0 Å². The van der Waals surface area contributed by atoms with Crippen LogP contribution in [-0.2, 0) is 4.74 Å². The standard InChI is InChI=1S/C11H12F3NO2/c1-6(17-2)5-15-11(16)7-3-8(12)10(14)9(13)4-7/h3-4,6H,5H2,1-2H3,(H,15,16). The molecule has 1 N–H and O–H groups in total. The number of ether oxygens (including phenoxy) is 1. The molecule has 1 aromatic carbocycles. The van der Waals surface area contributed by atoms with Crippen molar-refractivity contribution in [2.24, 2.45) is 0 Å². The Labute approximate surface area is 96.6 Å². The van der Waals surface area contributed by atoms with E-state index in [1.165, 1.54) is 7.11 Å². The minimum atomic E-state index is -1.59. The SMILES string of the molecule is COC(C)CNC(=O)c1cc(F)c(F)c(F)c1. The lowest BCUT2D eigenvalue weighted by Gasteiger charge is -2.10. The Morgan fingerprint density at radius 2 is 1.88 bits per heavy atom. The van der Waals surface area contributed by atoms with Gasteiger partial charge in [-0.05, 0) is 19.1 Å². The Kier molecular flexibility index (Phi) is 4.51. The molecular formula is C11H12F3NO2. The number of halogens is 3. The van der Waals surface area contributed by atoms with E-state index in [1.807, 2.05) is 0 Å². The number of methoxy groups -OCH3 is 1. The first-order chi connectivity index (χ1) is 7.95. The summed E-state index contributed by atoms with van der Waals surface area (Å²) in [6.07, 6.45) is -0.228. The van der Waals surface area contributed by atoms with Crippen molar-refractivity contribution in [3.63, 3.8) is 0 Å². The van der Waals surface area contributed by atoms with Crippen LogP contribution in [0.1, 0.15) is 17.3 Å². The van der Waals surface area contributed by atoms with Crippen molar-refractivity contribution >= 4 is 5.91 Å². The molecule has 6 heteroatoms. The van der Waals surface area contributed by atoms with Crippen molar-refractivity contribution in [1.29, 1.82) is 0 Å². The number of benzene rings is 1. The molecule has 0 aromatic heterocycles. The van der Waals surface area contributed by atoms with E-state index in [9.17, 15) is 18.0 Å². The molecule has 1 atom stereocenters. The van der Waals surface area contributed by atoms with Gasteiger partial charge in [-0.2, -0.15) is 0 Å². The molecule has 3 nitrogen and oxygen atoms in total. The van der Waals surface area contributed by atoms with Gasteiger partial charge in [0.15, 0.2) is 17.5 Å². The second-order valence-corrected chi connectivity index (χ2v) is 3.51. The molecule has 1 rings (SSSR count). The molecule has 0 saturated heterocycles. The summed E-state index contributed by atoms with van der Waals surface area (Å²) in [4.78, 5) is 11.5. The van der Waals surface area contributed by atoms with Gasteiger partial charge in [-0.15, -0.1) is 0 Å². The largest absolute Gasteiger partial charge is 0.380 e.